The van der Waals surface area contributed by atoms with Crippen molar-refractivity contribution in [2.24, 2.45) is 5.92 Å². The maximum absolute atomic E-state index is 12.1. The Bertz CT molecular complexity index is 1120. The van der Waals surface area contributed by atoms with Gasteiger partial charge in [-0.25, -0.2) is 4.98 Å². The minimum absolute atomic E-state index is 0.0888. The van der Waals surface area contributed by atoms with Gasteiger partial charge < -0.3 is 14.8 Å². The average Bonchev–Trinajstić information content (AvgIpc) is 3.54. The molecule has 1 saturated carbocycles. The first-order valence-corrected chi connectivity index (χ1v) is 12.2. The summed E-state index contributed by atoms with van der Waals surface area (Å²) >= 11 is 1.55. The number of nitrogens with zero attached hydrogens (tertiary/aromatic N) is 3. The normalized spacial score (nSPS) is 16.5. The third kappa shape index (κ3) is 5.58. The zero-order valence-corrected chi connectivity index (χ0v) is 19.6. The van der Waals surface area contributed by atoms with Crippen LogP contribution in [-0.4, -0.2) is 54.2 Å². The van der Waals surface area contributed by atoms with Gasteiger partial charge in [-0.1, -0.05) is 12.1 Å². The number of thiophene rings is 1. The highest BCUT2D eigenvalue weighted by Crippen LogP contribution is 2.34. The fourth-order valence-electron chi connectivity index (χ4n) is 3.99. The smallest absolute Gasteiger partial charge is 0.224 e. The molecule has 0 bridgehead atoms. The highest BCUT2D eigenvalue weighted by Gasteiger charge is 2.24. The number of ether oxygens (including phenoxy) is 2. The summed E-state index contributed by atoms with van der Waals surface area (Å²) in [6.45, 7) is 4.25. The van der Waals surface area contributed by atoms with Crippen molar-refractivity contribution in [3.8, 4) is 27.6 Å². The number of nitrogens with one attached hydrogen (secondary N) is 1. The van der Waals surface area contributed by atoms with E-state index in [1.807, 2.05) is 17.5 Å². The van der Waals surface area contributed by atoms with Crippen LogP contribution < -0.4 is 10.1 Å². The van der Waals surface area contributed by atoms with Crippen molar-refractivity contribution >= 4 is 22.9 Å². The Labute approximate surface area is 197 Å². The van der Waals surface area contributed by atoms with Crippen LogP contribution in [0.3, 0.4) is 0 Å². The first-order chi connectivity index (χ1) is 16.2. The lowest BCUT2D eigenvalue weighted by molar-refractivity contribution is -0.116. The largest absolute Gasteiger partial charge is 0.496 e. The number of hydrogen-bond donors (Lipinski definition) is 1. The topological polar surface area (TPSA) is 76.6 Å². The summed E-state index contributed by atoms with van der Waals surface area (Å²) in [5.41, 5.74) is 4.51. The van der Waals surface area contributed by atoms with E-state index in [2.05, 4.69) is 27.3 Å². The van der Waals surface area contributed by atoms with Crippen molar-refractivity contribution in [2.45, 2.75) is 25.8 Å². The van der Waals surface area contributed by atoms with Crippen molar-refractivity contribution < 1.29 is 14.3 Å². The van der Waals surface area contributed by atoms with Gasteiger partial charge in [0, 0.05) is 42.6 Å². The molecule has 1 amide bonds. The van der Waals surface area contributed by atoms with Crippen LogP contribution in [0.25, 0.3) is 21.8 Å². The predicted molar refractivity (Wildman–Crippen MR) is 129 cm³/mol. The summed E-state index contributed by atoms with van der Waals surface area (Å²) in [5.74, 6) is 1.51. The fourth-order valence-corrected chi connectivity index (χ4v) is 4.79. The van der Waals surface area contributed by atoms with E-state index < -0.39 is 0 Å². The van der Waals surface area contributed by atoms with Crippen LogP contribution >= 0.6 is 11.3 Å². The number of carbonyl (C=O) groups is 1. The quantitative estimate of drug-likeness (QED) is 0.531. The van der Waals surface area contributed by atoms with Gasteiger partial charge in [0.05, 0.1) is 54.7 Å². The second-order valence-corrected chi connectivity index (χ2v) is 9.51. The Hall–Kier alpha value is -2.81. The van der Waals surface area contributed by atoms with Gasteiger partial charge in [0.25, 0.3) is 0 Å². The summed E-state index contributed by atoms with van der Waals surface area (Å²) in [5, 5.41) is 4.96. The lowest BCUT2D eigenvalue weighted by Gasteiger charge is -2.27. The molecule has 1 aliphatic carbocycles. The first kappa shape index (κ1) is 22.0. The van der Waals surface area contributed by atoms with Crippen LogP contribution in [0, 0.1) is 5.92 Å². The number of benzene rings is 1. The van der Waals surface area contributed by atoms with Gasteiger partial charge >= 0.3 is 0 Å². The van der Waals surface area contributed by atoms with E-state index in [9.17, 15) is 4.79 Å². The van der Waals surface area contributed by atoms with Gasteiger partial charge in [-0.3, -0.25) is 14.7 Å². The molecule has 1 N–H and O–H groups in total. The number of carbonyl (C=O) groups excluding carboxylic acids is 1. The highest BCUT2D eigenvalue weighted by atomic mass is 32.1. The molecule has 33 heavy (non-hydrogen) atoms. The summed E-state index contributed by atoms with van der Waals surface area (Å²) in [4.78, 5) is 24.7. The zero-order chi connectivity index (χ0) is 22.6. The molecular formula is C25H28N4O3S. The lowest BCUT2D eigenvalue weighted by Crippen LogP contribution is -2.35. The van der Waals surface area contributed by atoms with Crippen LogP contribution in [0.4, 0.5) is 5.69 Å². The van der Waals surface area contributed by atoms with Crippen LogP contribution in [0.2, 0.25) is 0 Å². The maximum Gasteiger partial charge on any atom is 0.224 e. The van der Waals surface area contributed by atoms with Gasteiger partial charge in [-0.15, -0.1) is 11.3 Å². The highest BCUT2D eigenvalue weighted by molar-refractivity contribution is 7.14. The van der Waals surface area contributed by atoms with Crippen molar-refractivity contribution in [3.05, 3.63) is 47.6 Å². The summed E-state index contributed by atoms with van der Waals surface area (Å²) in [6.07, 6.45) is 6.48. The maximum atomic E-state index is 12.1. The van der Waals surface area contributed by atoms with E-state index >= 15 is 0 Å². The second kappa shape index (κ2) is 9.99. The lowest BCUT2D eigenvalue weighted by atomic mass is 10.1. The molecule has 2 fully saturated rings. The molecule has 3 heterocycles. The van der Waals surface area contributed by atoms with Gasteiger partial charge in [0.15, 0.2) is 0 Å². The van der Waals surface area contributed by atoms with E-state index in [1.165, 1.54) is 12.8 Å². The molecule has 0 radical (unpaired) electrons. The molecule has 8 heteroatoms. The Morgan fingerprint density at radius 1 is 1.21 bits per heavy atom. The molecule has 172 valence electrons. The van der Waals surface area contributed by atoms with Crippen LogP contribution in [0.15, 0.2) is 42.0 Å². The number of hydrogen-bond acceptors (Lipinski definition) is 7. The van der Waals surface area contributed by atoms with Gasteiger partial charge in [-0.05, 0) is 30.9 Å². The SMILES string of the molecule is COc1cc(-c2cncc(-c3cc(NC(=O)CC4CC4)cs3)n2)ccc1CN1CCOCC1. The molecule has 1 aliphatic heterocycles. The minimum Gasteiger partial charge on any atom is -0.496 e. The molecular weight excluding hydrogens is 436 g/mol. The van der Waals surface area contributed by atoms with E-state index in [0.29, 0.717) is 12.3 Å². The molecule has 1 saturated heterocycles. The molecule has 0 unspecified atom stereocenters. The second-order valence-electron chi connectivity index (χ2n) is 8.60. The third-order valence-electron chi connectivity index (χ3n) is 6.02. The number of methoxy groups -OCH3 is 1. The molecule has 1 aromatic carbocycles. The summed E-state index contributed by atoms with van der Waals surface area (Å²) < 4.78 is 11.1. The Balaban J connectivity index is 1.31. The number of morpholine rings is 1. The molecule has 5 rings (SSSR count). The van der Waals surface area contributed by atoms with E-state index in [0.717, 1.165) is 71.7 Å². The van der Waals surface area contributed by atoms with Gasteiger partial charge in [-0.2, -0.15) is 0 Å². The Morgan fingerprint density at radius 2 is 2.03 bits per heavy atom. The summed E-state index contributed by atoms with van der Waals surface area (Å²) in [6, 6.07) is 8.18. The van der Waals surface area contributed by atoms with Crippen molar-refractivity contribution in [3.63, 3.8) is 0 Å². The van der Waals surface area contributed by atoms with Crippen molar-refractivity contribution in [2.75, 3.05) is 38.7 Å². The number of rotatable bonds is 8. The van der Waals surface area contributed by atoms with E-state index in [4.69, 9.17) is 14.5 Å². The summed E-state index contributed by atoms with van der Waals surface area (Å²) in [7, 11) is 1.70. The van der Waals surface area contributed by atoms with E-state index in [-0.39, 0.29) is 5.91 Å². The minimum atomic E-state index is 0.0888. The van der Waals surface area contributed by atoms with Crippen molar-refractivity contribution in [1.29, 1.82) is 0 Å². The molecule has 2 aromatic heterocycles. The van der Waals surface area contributed by atoms with E-state index in [1.54, 1.807) is 30.8 Å². The monoisotopic (exact) mass is 464 g/mol. The van der Waals surface area contributed by atoms with Crippen LogP contribution in [-0.2, 0) is 16.1 Å². The van der Waals surface area contributed by atoms with Crippen LogP contribution in [0.1, 0.15) is 24.8 Å². The number of aromatic nitrogens is 2. The number of anilines is 1. The van der Waals surface area contributed by atoms with Crippen molar-refractivity contribution in [1.82, 2.24) is 14.9 Å². The number of amides is 1. The third-order valence-corrected chi connectivity index (χ3v) is 6.97. The molecule has 3 aromatic rings. The van der Waals surface area contributed by atoms with Gasteiger partial charge in [0.2, 0.25) is 5.91 Å². The molecule has 7 nitrogen and oxygen atoms in total. The Morgan fingerprint density at radius 3 is 2.82 bits per heavy atom. The Kier molecular flexibility index (Phi) is 6.66. The molecule has 0 atom stereocenters. The first-order valence-electron chi connectivity index (χ1n) is 11.4. The zero-order valence-electron chi connectivity index (χ0n) is 18.8. The molecule has 0 spiro atoms. The fraction of sp³-hybridized carbons (Fsp3) is 0.400. The molecule has 2 aliphatic rings. The van der Waals surface area contributed by atoms with Crippen LogP contribution in [0.5, 0.6) is 5.75 Å². The van der Waals surface area contributed by atoms with Gasteiger partial charge in [0.1, 0.15) is 5.75 Å². The predicted octanol–water partition coefficient (Wildman–Crippen LogP) is 4.45. The average molecular weight is 465 g/mol. The standard InChI is InChI=1S/C25H28N4O3S/c1-31-23-11-18(4-5-19(23)15-29-6-8-32-9-7-29)21-13-26-14-22(28-21)24-12-20(16-33-24)27-25(30)10-17-2-3-17/h4-5,11-14,16-17H,2-3,6-10,15H2,1H3,(H,27,30).